The van der Waals surface area contributed by atoms with Crippen LogP contribution < -0.4 is 5.32 Å². The second-order valence-corrected chi connectivity index (χ2v) is 7.88. The van der Waals surface area contributed by atoms with E-state index in [-0.39, 0.29) is 18.6 Å². The molecule has 1 amide bonds. The number of esters is 1. The van der Waals surface area contributed by atoms with Crippen molar-refractivity contribution in [1.29, 1.82) is 0 Å². The molecule has 0 spiro atoms. The molecular formula is C20H26N4O3. The summed E-state index contributed by atoms with van der Waals surface area (Å²) < 4.78 is 6.95. The van der Waals surface area contributed by atoms with Crippen LogP contribution >= 0.6 is 0 Å². The van der Waals surface area contributed by atoms with E-state index in [9.17, 15) is 9.59 Å². The lowest BCUT2D eigenvalue weighted by atomic mass is 9.84. The third-order valence-electron chi connectivity index (χ3n) is 6.21. The fraction of sp³-hybridized carbons (Fsp3) is 0.600. The van der Waals surface area contributed by atoms with Crippen molar-refractivity contribution in [3.8, 4) is 0 Å². The number of nitrogens with zero attached hydrogens (tertiary/aromatic N) is 3. The molecule has 2 aliphatic rings. The van der Waals surface area contributed by atoms with Gasteiger partial charge in [0.05, 0.1) is 11.1 Å². The lowest BCUT2D eigenvalue weighted by Gasteiger charge is -2.28. The molecule has 2 aromatic rings. The maximum atomic E-state index is 12.3. The summed E-state index contributed by atoms with van der Waals surface area (Å²) >= 11 is 0. The predicted molar refractivity (Wildman–Crippen MR) is 100 cm³/mol. The summed E-state index contributed by atoms with van der Waals surface area (Å²) in [6.45, 7) is 4.49. The van der Waals surface area contributed by atoms with Gasteiger partial charge in [0, 0.05) is 12.6 Å². The van der Waals surface area contributed by atoms with E-state index in [1.807, 2.05) is 6.92 Å². The topological polar surface area (TPSA) is 86.1 Å². The number of benzene rings is 1. The molecule has 0 radical (unpaired) electrons. The summed E-state index contributed by atoms with van der Waals surface area (Å²) in [6.07, 6.45) is 5.15. The highest BCUT2D eigenvalue weighted by Gasteiger charge is 2.42. The van der Waals surface area contributed by atoms with E-state index in [2.05, 4.69) is 22.6 Å². The largest absolute Gasteiger partial charge is 0.452 e. The van der Waals surface area contributed by atoms with Crippen molar-refractivity contribution in [2.24, 2.45) is 17.8 Å². The van der Waals surface area contributed by atoms with Crippen LogP contribution in [0.15, 0.2) is 18.2 Å². The van der Waals surface area contributed by atoms with E-state index < -0.39 is 5.97 Å². The maximum absolute atomic E-state index is 12.3. The first-order valence-electron chi connectivity index (χ1n) is 9.85. The van der Waals surface area contributed by atoms with Crippen LogP contribution in [0.5, 0.6) is 0 Å². The van der Waals surface area contributed by atoms with Crippen LogP contribution in [0.4, 0.5) is 0 Å². The fourth-order valence-electron chi connectivity index (χ4n) is 4.86. The van der Waals surface area contributed by atoms with Gasteiger partial charge in [-0.25, -0.2) is 9.48 Å². The molecule has 2 aliphatic carbocycles. The lowest BCUT2D eigenvalue weighted by molar-refractivity contribution is -0.125. The number of hydrogen-bond acceptors (Lipinski definition) is 5. The third kappa shape index (κ3) is 3.55. The number of carbonyl (C=O) groups is 2. The van der Waals surface area contributed by atoms with Crippen molar-refractivity contribution in [3.05, 3.63) is 23.8 Å². The molecule has 1 N–H and O–H groups in total. The molecule has 144 valence electrons. The van der Waals surface area contributed by atoms with E-state index in [0.29, 0.717) is 23.5 Å². The van der Waals surface area contributed by atoms with Gasteiger partial charge < -0.3 is 10.1 Å². The minimum Gasteiger partial charge on any atom is -0.452 e. The lowest BCUT2D eigenvalue weighted by Crippen LogP contribution is -2.42. The van der Waals surface area contributed by atoms with Gasteiger partial charge >= 0.3 is 5.97 Å². The van der Waals surface area contributed by atoms with Crippen molar-refractivity contribution in [3.63, 3.8) is 0 Å². The number of aryl methyl sites for hydroxylation is 1. The standard InChI is InChI=1S/C20H26N4O3/c1-3-24-18-7-6-15(10-17(18)22-23-24)20(26)27-11-19(25)21-12(2)16-9-13-4-5-14(16)8-13/h6-7,10,12-14,16H,3-5,8-9,11H2,1-2H3,(H,21,25)/t12-,13-,14-,16-/m0/s1. The summed E-state index contributed by atoms with van der Waals surface area (Å²) in [4.78, 5) is 24.5. The van der Waals surface area contributed by atoms with Gasteiger partial charge in [-0.2, -0.15) is 0 Å². The van der Waals surface area contributed by atoms with Gasteiger partial charge in [-0.1, -0.05) is 11.6 Å². The zero-order chi connectivity index (χ0) is 19.0. The Hall–Kier alpha value is -2.44. The molecule has 7 heteroatoms. The van der Waals surface area contributed by atoms with Crippen LogP contribution in [0, 0.1) is 17.8 Å². The Kier molecular flexibility index (Phi) is 4.85. The summed E-state index contributed by atoms with van der Waals surface area (Å²) in [5, 5.41) is 11.1. The molecule has 2 bridgehead atoms. The zero-order valence-electron chi connectivity index (χ0n) is 15.9. The number of hydrogen-bond donors (Lipinski definition) is 1. The van der Waals surface area contributed by atoms with Crippen molar-refractivity contribution >= 4 is 22.9 Å². The molecule has 4 rings (SSSR count). The van der Waals surface area contributed by atoms with E-state index in [1.165, 1.54) is 25.7 Å². The first kappa shape index (κ1) is 17.9. The van der Waals surface area contributed by atoms with Gasteiger partial charge in [0.25, 0.3) is 5.91 Å². The van der Waals surface area contributed by atoms with Gasteiger partial charge in [0.2, 0.25) is 0 Å². The number of rotatable bonds is 6. The van der Waals surface area contributed by atoms with E-state index >= 15 is 0 Å². The number of ether oxygens (including phenoxy) is 1. The van der Waals surface area contributed by atoms with Crippen LogP contribution in [0.1, 0.15) is 49.9 Å². The quantitative estimate of drug-likeness (QED) is 0.790. The SMILES string of the molecule is CCn1nnc2cc(C(=O)OCC(=O)N[C@@H](C)[C@@H]3C[C@H]4CC[C@H]3C4)ccc21. The summed E-state index contributed by atoms with van der Waals surface area (Å²) in [5.74, 6) is 1.39. The second-order valence-electron chi connectivity index (χ2n) is 7.88. The first-order chi connectivity index (χ1) is 13.0. The van der Waals surface area contributed by atoms with Gasteiger partial charge in [0.1, 0.15) is 5.52 Å². The monoisotopic (exact) mass is 370 g/mol. The van der Waals surface area contributed by atoms with Gasteiger partial charge in [0.15, 0.2) is 6.61 Å². The molecule has 4 atom stereocenters. The fourth-order valence-corrected chi connectivity index (χ4v) is 4.86. The molecule has 7 nitrogen and oxygen atoms in total. The second kappa shape index (κ2) is 7.29. The van der Waals surface area contributed by atoms with Crippen LogP contribution in [0.3, 0.4) is 0 Å². The summed E-state index contributed by atoms with van der Waals surface area (Å²) in [7, 11) is 0. The Morgan fingerprint density at radius 2 is 2.19 bits per heavy atom. The molecule has 2 saturated carbocycles. The molecule has 1 aromatic heterocycles. The minimum absolute atomic E-state index is 0.131. The molecular weight excluding hydrogens is 344 g/mol. The normalized spacial score (nSPS) is 24.9. The van der Waals surface area contributed by atoms with Crippen molar-refractivity contribution in [2.45, 2.75) is 52.1 Å². The van der Waals surface area contributed by atoms with Crippen LogP contribution in [-0.4, -0.2) is 39.5 Å². The predicted octanol–water partition coefficient (Wildman–Crippen LogP) is 2.55. The number of fused-ring (bicyclic) bond motifs is 3. The maximum Gasteiger partial charge on any atom is 0.338 e. The van der Waals surface area contributed by atoms with E-state index in [0.717, 1.165) is 17.4 Å². The Morgan fingerprint density at radius 1 is 1.33 bits per heavy atom. The number of nitrogens with one attached hydrogen (secondary N) is 1. The Labute approximate surface area is 158 Å². The van der Waals surface area contributed by atoms with Crippen molar-refractivity contribution < 1.29 is 14.3 Å². The molecule has 0 unspecified atom stereocenters. The van der Waals surface area contributed by atoms with Crippen LogP contribution in [0.25, 0.3) is 11.0 Å². The first-order valence-corrected chi connectivity index (χ1v) is 9.85. The van der Waals surface area contributed by atoms with Crippen molar-refractivity contribution in [1.82, 2.24) is 20.3 Å². The molecule has 1 aromatic carbocycles. The molecule has 2 fully saturated rings. The Morgan fingerprint density at radius 3 is 2.89 bits per heavy atom. The minimum atomic E-state index is -0.523. The summed E-state index contributed by atoms with van der Waals surface area (Å²) in [5.41, 5.74) is 1.88. The third-order valence-corrected chi connectivity index (χ3v) is 6.21. The highest BCUT2D eigenvalue weighted by molar-refractivity contribution is 5.94. The Balaban J connectivity index is 1.30. The van der Waals surface area contributed by atoms with Crippen LogP contribution in [-0.2, 0) is 16.1 Å². The highest BCUT2D eigenvalue weighted by atomic mass is 16.5. The van der Waals surface area contributed by atoms with Crippen LogP contribution in [0.2, 0.25) is 0 Å². The van der Waals surface area contributed by atoms with E-state index in [4.69, 9.17) is 4.74 Å². The summed E-state index contributed by atoms with van der Waals surface area (Å²) in [6, 6.07) is 5.25. The van der Waals surface area contributed by atoms with Gasteiger partial charge in [-0.3, -0.25) is 4.79 Å². The van der Waals surface area contributed by atoms with Gasteiger partial charge in [-0.15, -0.1) is 5.10 Å². The smallest absolute Gasteiger partial charge is 0.338 e. The Bertz CT molecular complexity index is 862. The molecule has 0 aliphatic heterocycles. The number of aromatic nitrogens is 3. The highest BCUT2D eigenvalue weighted by Crippen LogP contribution is 2.49. The van der Waals surface area contributed by atoms with Gasteiger partial charge in [-0.05, 0) is 69.1 Å². The molecule has 1 heterocycles. The molecule has 0 saturated heterocycles. The molecule has 27 heavy (non-hydrogen) atoms. The number of amides is 1. The van der Waals surface area contributed by atoms with E-state index in [1.54, 1.807) is 22.9 Å². The van der Waals surface area contributed by atoms with Crippen molar-refractivity contribution in [2.75, 3.05) is 6.61 Å². The number of carbonyl (C=O) groups excluding carboxylic acids is 2. The average molecular weight is 370 g/mol. The zero-order valence-corrected chi connectivity index (χ0v) is 15.9. The average Bonchev–Trinajstić information content (AvgIpc) is 3.40.